The summed E-state index contributed by atoms with van der Waals surface area (Å²) in [6.07, 6.45) is 2.27. The number of unbranched alkanes of at least 4 members (excludes halogenated alkanes) is 1. The number of hydrogen-bond donors (Lipinski definition) is 4. The van der Waals surface area contributed by atoms with Crippen molar-refractivity contribution in [1.82, 2.24) is 14.5 Å². The number of sulfonamides is 1. The van der Waals surface area contributed by atoms with Gasteiger partial charge in [-0.05, 0) is 104 Å². The minimum Gasteiger partial charge on any atom is -0.394 e. The van der Waals surface area contributed by atoms with Gasteiger partial charge in [0.1, 0.15) is 6.04 Å². The number of aliphatic hydroxyl groups is 1. The first-order valence-electron chi connectivity index (χ1n) is 19.4. The van der Waals surface area contributed by atoms with Crippen LogP contribution in [0.3, 0.4) is 0 Å². The first-order valence-corrected chi connectivity index (χ1v) is 21.8. The van der Waals surface area contributed by atoms with Gasteiger partial charge in [0.2, 0.25) is 27.7 Å². The summed E-state index contributed by atoms with van der Waals surface area (Å²) in [6.45, 7) is 2.14. The number of hydrogen-bond acceptors (Lipinski definition) is 10. The number of nitrogens with zero attached hydrogens (tertiary/aromatic N) is 2. The first kappa shape index (κ1) is 39.5. The summed E-state index contributed by atoms with van der Waals surface area (Å²) in [4.78, 5) is 65.5. The minimum absolute atomic E-state index is 0.0509. The van der Waals surface area contributed by atoms with Gasteiger partial charge in [-0.3, -0.25) is 34.2 Å². The molecular weight excluding hydrogens is 779 g/mol. The van der Waals surface area contributed by atoms with Crippen LogP contribution in [0.15, 0.2) is 94.7 Å². The predicted octanol–water partition coefficient (Wildman–Crippen LogP) is 5.50. The zero-order valence-corrected chi connectivity index (χ0v) is 33.4. The summed E-state index contributed by atoms with van der Waals surface area (Å²) in [6, 6.07) is 23.5. The number of carbonyl (C=O) groups excluding carboxylic acids is 5. The Morgan fingerprint density at radius 2 is 1.69 bits per heavy atom. The number of carbonyl (C=O) groups is 5. The Morgan fingerprint density at radius 1 is 0.914 bits per heavy atom. The van der Waals surface area contributed by atoms with Gasteiger partial charge in [0, 0.05) is 41.6 Å². The monoisotopic (exact) mass is 821 g/mol. The first-order chi connectivity index (χ1) is 27.9. The van der Waals surface area contributed by atoms with E-state index in [0.717, 1.165) is 32.8 Å². The van der Waals surface area contributed by atoms with E-state index in [1.807, 2.05) is 49.4 Å². The van der Waals surface area contributed by atoms with Gasteiger partial charge in [-0.1, -0.05) is 42.0 Å². The van der Waals surface area contributed by atoms with E-state index in [0.29, 0.717) is 42.1 Å². The van der Waals surface area contributed by atoms with E-state index in [9.17, 15) is 37.5 Å². The molecule has 1 unspecified atom stereocenters. The van der Waals surface area contributed by atoms with Crippen LogP contribution in [0.4, 0.5) is 11.4 Å². The predicted molar refractivity (Wildman–Crippen MR) is 219 cm³/mol. The highest BCUT2D eigenvalue weighted by atomic mass is 32.2. The highest BCUT2D eigenvalue weighted by molar-refractivity contribution is 7.99. The minimum atomic E-state index is -3.81. The summed E-state index contributed by atoms with van der Waals surface area (Å²) >= 11 is 1.41. The number of anilines is 2. The van der Waals surface area contributed by atoms with Gasteiger partial charge in [0.25, 0.3) is 11.8 Å². The molecule has 0 aliphatic carbocycles. The molecule has 4 heterocycles. The van der Waals surface area contributed by atoms with Gasteiger partial charge in [0.05, 0.1) is 34.7 Å². The summed E-state index contributed by atoms with van der Waals surface area (Å²) < 4.78 is 29.5. The molecule has 0 saturated carbocycles. The molecule has 5 amide bonds. The van der Waals surface area contributed by atoms with Crippen LogP contribution in [-0.4, -0.2) is 83.3 Å². The Hall–Kier alpha value is -5.35. The van der Waals surface area contributed by atoms with Crippen molar-refractivity contribution in [2.45, 2.75) is 73.4 Å². The van der Waals surface area contributed by atoms with Gasteiger partial charge in [-0.15, -0.1) is 11.8 Å². The SMILES string of the molecule is Cc1ccc(S(=O)(=O)N2CC[C@@H]3[C@H](CO)Nc4ccc(-c5cccc(NC(=O)CCCCSc6cccc7c6C(=O)N(C6CCC(=O)NC6=O)C7=O)c5)cc4[C@@H]32)cc1. The number of benzene rings is 4. The fourth-order valence-corrected chi connectivity index (χ4v) is 11.2. The quantitative estimate of drug-likeness (QED) is 0.0809. The van der Waals surface area contributed by atoms with Crippen molar-refractivity contribution in [3.8, 4) is 11.1 Å². The number of aliphatic hydroxyl groups excluding tert-OH is 1. The van der Waals surface area contributed by atoms with Gasteiger partial charge >= 0.3 is 0 Å². The van der Waals surface area contributed by atoms with E-state index in [1.54, 1.807) is 46.8 Å². The summed E-state index contributed by atoms with van der Waals surface area (Å²) in [5, 5.41) is 18.9. The molecule has 4 aliphatic heterocycles. The molecule has 0 radical (unpaired) electrons. The van der Waals surface area contributed by atoms with E-state index >= 15 is 0 Å². The molecule has 4 aliphatic rings. The average Bonchev–Trinajstić information content (AvgIpc) is 3.78. The molecular formula is C43H43N5O8S2. The van der Waals surface area contributed by atoms with Crippen LogP contribution in [0.5, 0.6) is 0 Å². The molecule has 4 aromatic carbocycles. The Kier molecular flexibility index (Phi) is 11.0. The van der Waals surface area contributed by atoms with Crippen molar-refractivity contribution in [3.63, 3.8) is 0 Å². The van der Waals surface area contributed by atoms with E-state index in [1.165, 1.54) is 11.8 Å². The van der Waals surface area contributed by atoms with Crippen LogP contribution in [0.1, 0.15) is 76.4 Å². The fourth-order valence-electron chi connectivity index (χ4n) is 8.49. The summed E-state index contributed by atoms with van der Waals surface area (Å²) in [5.41, 5.74) is 5.43. The zero-order valence-electron chi connectivity index (χ0n) is 31.8. The third-order valence-electron chi connectivity index (χ3n) is 11.4. The van der Waals surface area contributed by atoms with Crippen LogP contribution in [0.2, 0.25) is 0 Å². The molecule has 0 bridgehead atoms. The Bertz CT molecular complexity index is 2440. The zero-order chi connectivity index (χ0) is 40.7. The maximum absolute atomic E-state index is 14.0. The molecule has 2 fully saturated rings. The molecule has 58 heavy (non-hydrogen) atoms. The normalized spacial score (nSPS) is 21.6. The molecule has 0 spiro atoms. The van der Waals surface area contributed by atoms with E-state index in [2.05, 4.69) is 16.0 Å². The van der Waals surface area contributed by atoms with Crippen LogP contribution < -0.4 is 16.0 Å². The molecule has 4 atom stereocenters. The number of rotatable bonds is 12. The van der Waals surface area contributed by atoms with Crippen molar-refractivity contribution in [2.75, 3.05) is 29.5 Å². The molecule has 13 nitrogen and oxygen atoms in total. The summed E-state index contributed by atoms with van der Waals surface area (Å²) in [5.74, 6) is -1.85. The van der Waals surface area contributed by atoms with Crippen LogP contribution in [0, 0.1) is 12.8 Å². The molecule has 8 rings (SSSR count). The maximum atomic E-state index is 14.0. The molecule has 15 heteroatoms. The lowest BCUT2D eigenvalue weighted by molar-refractivity contribution is -0.136. The number of amides is 5. The fraction of sp³-hybridized carbons (Fsp3) is 0.326. The number of fused-ring (bicyclic) bond motifs is 4. The van der Waals surface area contributed by atoms with Gasteiger partial charge in [-0.25, -0.2) is 8.42 Å². The second-order valence-electron chi connectivity index (χ2n) is 15.1. The summed E-state index contributed by atoms with van der Waals surface area (Å²) in [7, 11) is -3.81. The molecule has 4 aromatic rings. The number of aryl methyl sites for hydroxylation is 1. The van der Waals surface area contributed by atoms with Crippen molar-refractivity contribution >= 4 is 62.7 Å². The van der Waals surface area contributed by atoms with E-state index in [-0.39, 0.29) is 59.8 Å². The standard InChI is InChI=1S/C43H43N5O8S2/c1-25-11-14-29(15-12-25)58(55,56)47-20-19-30-34(24-49)45-33-16-13-27(23-32(33)40(30)47)26-6-4-7-28(22-26)44-37(50)10-2-3-21-57-36-9-5-8-31-39(36)43(54)48(42(31)53)35-17-18-38(51)46-41(35)52/h4-9,11-16,22-23,30,34-35,40,45,49H,2-3,10,17-21,24H2,1H3,(H,44,50)(H,46,51,52)/t30-,34+,35?,40-/m1/s1. The number of imide groups is 2. The van der Waals surface area contributed by atoms with Crippen molar-refractivity contribution in [1.29, 1.82) is 0 Å². The van der Waals surface area contributed by atoms with Gasteiger partial charge in [0.15, 0.2) is 0 Å². The lowest BCUT2D eigenvalue weighted by Crippen LogP contribution is -2.54. The van der Waals surface area contributed by atoms with Crippen molar-refractivity contribution < 1.29 is 37.5 Å². The highest BCUT2D eigenvalue weighted by Crippen LogP contribution is 2.49. The number of nitrogens with one attached hydrogen (secondary N) is 3. The third kappa shape index (κ3) is 7.43. The lowest BCUT2D eigenvalue weighted by Gasteiger charge is -2.39. The van der Waals surface area contributed by atoms with E-state index in [4.69, 9.17) is 0 Å². The Labute approximate surface area is 340 Å². The van der Waals surface area contributed by atoms with E-state index < -0.39 is 45.7 Å². The molecule has 0 aromatic heterocycles. The van der Waals surface area contributed by atoms with Crippen LogP contribution >= 0.6 is 11.8 Å². The van der Waals surface area contributed by atoms with Gasteiger partial charge in [-0.2, -0.15) is 4.31 Å². The maximum Gasteiger partial charge on any atom is 0.263 e. The Morgan fingerprint density at radius 3 is 2.47 bits per heavy atom. The average molecular weight is 822 g/mol. The second kappa shape index (κ2) is 16.1. The molecule has 2 saturated heterocycles. The highest BCUT2D eigenvalue weighted by Gasteiger charge is 2.49. The topological polar surface area (TPSA) is 182 Å². The number of thioether (sulfide) groups is 1. The smallest absolute Gasteiger partial charge is 0.263 e. The lowest BCUT2D eigenvalue weighted by atomic mass is 9.82. The third-order valence-corrected chi connectivity index (χ3v) is 14.5. The second-order valence-corrected chi connectivity index (χ2v) is 18.1. The van der Waals surface area contributed by atoms with Crippen molar-refractivity contribution in [3.05, 3.63) is 107 Å². The largest absolute Gasteiger partial charge is 0.394 e. The Balaban J connectivity index is 0.895. The van der Waals surface area contributed by atoms with Crippen molar-refractivity contribution in [2.24, 2.45) is 5.92 Å². The van der Waals surface area contributed by atoms with Gasteiger partial charge < -0.3 is 15.7 Å². The van der Waals surface area contributed by atoms with Crippen LogP contribution in [0.25, 0.3) is 11.1 Å². The molecule has 300 valence electrons. The molecule has 4 N–H and O–H groups in total. The van der Waals surface area contributed by atoms with Crippen LogP contribution in [-0.2, 0) is 24.4 Å². The number of piperidine rings is 1.